The number of fused-ring (bicyclic) bond motifs is 1. The van der Waals surface area contributed by atoms with Gasteiger partial charge in [0.15, 0.2) is 0 Å². The molecule has 20 heavy (non-hydrogen) atoms. The van der Waals surface area contributed by atoms with Gasteiger partial charge in [-0.05, 0) is 30.7 Å². The predicted octanol–water partition coefficient (Wildman–Crippen LogP) is 4.16. The monoisotopic (exact) mass is 325 g/mol. The third-order valence-electron chi connectivity index (χ3n) is 3.32. The van der Waals surface area contributed by atoms with E-state index in [-0.39, 0.29) is 0 Å². The number of aryl methyl sites for hydroxylation is 1. The van der Waals surface area contributed by atoms with Crippen molar-refractivity contribution in [1.29, 1.82) is 5.26 Å². The summed E-state index contributed by atoms with van der Waals surface area (Å²) in [4.78, 5) is 0. The van der Waals surface area contributed by atoms with Crippen molar-refractivity contribution in [2.75, 3.05) is 0 Å². The van der Waals surface area contributed by atoms with E-state index < -0.39 is 0 Å². The Bertz CT molecular complexity index is 827. The maximum atomic E-state index is 9.07. The van der Waals surface area contributed by atoms with Crippen molar-refractivity contribution in [3.63, 3.8) is 0 Å². The lowest BCUT2D eigenvalue weighted by molar-refractivity contribution is 0.843. The van der Waals surface area contributed by atoms with Crippen molar-refractivity contribution < 1.29 is 0 Å². The minimum absolute atomic E-state index is 0.339. The molecule has 0 aliphatic carbocycles. The second-order valence-corrected chi connectivity index (χ2v) is 5.50. The van der Waals surface area contributed by atoms with Gasteiger partial charge in [-0.1, -0.05) is 40.2 Å². The molecule has 0 aliphatic heterocycles. The van der Waals surface area contributed by atoms with Gasteiger partial charge in [-0.25, -0.2) is 4.68 Å². The predicted molar refractivity (Wildman–Crippen MR) is 82.8 cm³/mol. The minimum Gasteiger partial charge on any atom is -0.235 e. The first kappa shape index (κ1) is 12.9. The van der Waals surface area contributed by atoms with Crippen LogP contribution in [0, 0.1) is 18.3 Å². The summed E-state index contributed by atoms with van der Waals surface area (Å²) < 4.78 is 2.90. The van der Waals surface area contributed by atoms with E-state index in [1.54, 1.807) is 0 Å². The highest BCUT2D eigenvalue weighted by Crippen LogP contribution is 2.25. The van der Waals surface area contributed by atoms with Crippen molar-refractivity contribution in [3.8, 4) is 11.8 Å². The SMILES string of the molecule is Cc1ccc(-n2nc3ccccc3c2CC#N)cc1Br. The molecule has 0 saturated carbocycles. The van der Waals surface area contributed by atoms with Gasteiger partial charge in [0.2, 0.25) is 0 Å². The van der Waals surface area contributed by atoms with Crippen molar-refractivity contribution >= 4 is 26.8 Å². The molecule has 3 nitrogen and oxygen atoms in total. The van der Waals surface area contributed by atoms with E-state index in [9.17, 15) is 0 Å². The maximum absolute atomic E-state index is 9.07. The number of halogens is 1. The van der Waals surface area contributed by atoms with Gasteiger partial charge in [0.1, 0.15) is 0 Å². The van der Waals surface area contributed by atoms with Crippen LogP contribution >= 0.6 is 15.9 Å². The van der Waals surface area contributed by atoms with Gasteiger partial charge < -0.3 is 0 Å². The molecule has 0 unspecified atom stereocenters. The molecule has 0 spiro atoms. The molecule has 0 amide bonds. The highest BCUT2D eigenvalue weighted by atomic mass is 79.9. The standard InChI is InChI=1S/C16H12BrN3/c1-11-6-7-12(10-14(11)17)20-16(8-9-18)13-4-2-3-5-15(13)19-20/h2-7,10H,8H2,1H3. The molecule has 0 radical (unpaired) electrons. The van der Waals surface area contributed by atoms with Crippen LogP contribution in [0.25, 0.3) is 16.6 Å². The minimum atomic E-state index is 0.339. The number of benzene rings is 2. The first-order valence-corrected chi connectivity index (χ1v) is 7.10. The van der Waals surface area contributed by atoms with Crippen LogP contribution in [-0.2, 0) is 6.42 Å². The van der Waals surface area contributed by atoms with Gasteiger partial charge in [0, 0.05) is 9.86 Å². The number of rotatable bonds is 2. The topological polar surface area (TPSA) is 41.6 Å². The highest BCUT2D eigenvalue weighted by Gasteiger charge is 2.12. The number of nitriles is 1. The Hall–Kier alpha value is -2.12. The molecule has 3 aromatic rings. The number of hydrogen-bond donors (Lipinski definition) is 0. The zero-order chi connectivity index (χ0) is 14.1. The lowest BCUT2D eigenvalue weighted by Crippen LogP contribution is -2.02. The summed E-state index contributed by atoms with van der Waals surface area (Å²) in [5.41, 5.74) is 3.98. The smallest absolute Gasteiger partial charge is 0.0931 e. The summed E-state index contributed by atoms with van der Waals surface area (Å²) in [7, 11) is 0. The molecule has 0 aliphatic rings. The average molecular weight is 326 g/mol. The molecule has 0 saturated heterocycles. The van der Waals surface area contributed by atoms with Crippen molar-refractivity contribution in [3.05, 3.63) is 58.2 Å². The van der Waals surface area contributed by atoms with Gasteiger partial charge in [0.05, 0.1) is 29.4 Å². The van der Waals surface area contributed by atoms with E-state index in [0.29, 0.717) is 6.42 Å². The quantitative estimate of drug-likeness (QED) is 0.709. The van der Waals surface area contributed by atoms with Gasteiger partial charge in [-0.2, -0.15) is 10.4 Å². The van der Waals surface area contributed by atoms with Crippen LogP contribution in [0.3, 0.4) is 0 Å². The van der Waals surface area contributed by atoms with Crippen molar-refractivity contribution in [2.45, 2.75) is 13.3 Å². The van der Waals surface area contributed by atoms with E-state index in [1.165, 1.54) is 5.56 Å². The van der Waals surface area contributed by atoms with E-state index in [0.717, 1.165) is 26.8 Å². The van der Waals surface area contributed by atoms with Crippen LogP contribution in [0.15, 0.2) is 46.9 Å². The second-order valence-electron chi connectivity index (χ2n) is 4.64. The molecule has 2 aromatic carbocycles. The normalized spacial score (nSPS) is 10.7. The van der Waals surface area contributed by atoms with E-state index in [1.807, 2.05) is 54.1 Å². The van der Waals surface area contributed by atoms with Gasteiger partial charge >= 0.3 is 0 Å². The fraction of sp³-hybridized carbons (Fsp3) is 0.125. The zero-order valence-corrected chi connectivity index (χ0v) is 12.6. The van der Waals surface area contributed by atoms with Crippen LogP contribution < -0.4 is 0 Å². The highest BCUT2D eigenvalue weighted by molar-refractivity contribution is 9.10. The van der Waals surface area contributed by atoms with Crippen molar-refractivity contribution in [2.24, 2.45) is 0 Å². The van der Waals surface area contributed by atoms with Crippen LogP contribution in [0.1, 0.15) is 11.3 Å². The summed E-state index contributed by atoms with van der Waals surface area (Å²) in [6.07, 6.45) is 0.339. The largest absolute Gasteiger partial charge is 0.235 e. The van der Waals surface area contributed by atoms with Crippen LogP contribution in [0.2, 0.25) is 0 Å². The lowest BCUT2D eigenvalue weighted by atomic mass is 10.1. The van der Waals surface area contributed by atoms with Crippen molar-refractivity contribution in [1.82, 2.24) is 9.78 Å². The van der Waals surface area contributed by atoms with Gasteiger partial charge in [-0.3, -0.25) is 0 Å². The Morgan fingerprint density at radius 3 is 2.80 bits per heavy atom. The van der Waals surface area contributed by atoms with Crippen LogP contribution in [-0.4, -0.2) is 9.78 Å². The van der Waals surface area contributed by atoms with E-state index in [4.69, 9.17) is 5.26 Å². The number of nitrogens with zero attached hydrogens (tertiary/aromatic N) is 3. The summed E-state index contributed by atoms with van der Waals surface area (Å²) in [6, 6.07) is 16.2. The zero-order valence-electron chi connectivity index (χ0n) is 11.0. The average Bonchev–Trinajstić information content (AvgIpc) is 2.82. The number of aromatic nitrogens is 2. The molecule has 1 heterocycles. The third-order valence-corrected chi connectivity index (χ3v) is 4.18. The molecule has 0 bridgehead atoms. The Kier molecular flexibility index (Phi) is 3.29. The lowest BCUT2D eigenvalue weighted by Gasteiger charge is -2.07. The molecule has 98 valence electrons. The maximum Gasteiger partial charge on any atom is 0.0931 e. The molecular weight excluding hydrogens is 314 g/mol. The Balaban J connectivity index is 2.27. The Labute approximate surface area is 125 Å². The number of hydrogen-bond acceptors (Lipinski definition) is 2. The first-order chi connectivity index (χ1) is 9.70. The fourth-order valence-corrected chi connectivity index (χ4v) is 2.63. The molecule has 0 fully saturated rings. The molecule has 0 N–H and O–H groups in total. The fourth-order valence-electron chi connectivity index (χ4n) is 2.26. The molecule has 4 heteroatoms. The second kappa shape index (κ2) is 5.10. The molecule has 1 aromatic heterocycles. The van der Waals surface area contributed by atoms with Gasteiger partial charge in [0.25, 0.3) is 0 Å². The summed E-state index contributed by atoms with van der Waals surface area (Å²) >= 11 is 3.54. The Morgan fingerprint density at radius 1 is 1.25 bits per heavy atom. The molecule has 0 atom stereocenters. The van der Waals surface area contributed by atoms with E-state index in [2.05, 4.69) is 27.1 Å². The first-order valence-electron chi connectivity index (χ1n) is 6.31. The molecule has 3 rings (SSSR count). The Morgan fingerprint density at radius 2 is 2.05 bits per heavy atom. The summed E-state index contributed by atoms with van der Waals surface area (Å²) in [6.45, 7) is 2.05. The van der Waals surface area contributed by atoms with Crippen LogP contribution in [0.4, 0.5) is 0 Å². The summed E-state index contributed by atoms with van der Waals surface area (Å²) in [5, 5.41) is 14.7. The van der Waals surface area contributed by atoms with E-state index >= 15 is 0 Å². The molecular formula is C16H12BrN3. The van der Waals surface area contributed by atoms with Gasteiger partial charge in [-0.15, -0.1) is 0 Å². The summed E-state index contributed by atoms with van der Waals surface area (Å²) in [5.74, 6) is 0. The van der Waals surface area contributed by atoms with Crippen LogP contribution in [0.5, 0.6) is 0 Å². The third kappa shape index (κ3) is 2.10.